The first-order valence-electron chi connectivity index (χ1n) is 8.18. The van der Waals surface area contributed by atoms with Crippen molar-refractivity contribution in [3.63, 3.8) is 0 Å². The van der Waals surface area contributed by atoms with Crippen molar-refractivity contribution in [3.8, 4) is 23.0 Å². The fourth-order valence-electron chi connectivity index (χ4n) is 2.70. The van der Waals surface area contributed by atoms with Gasteiger partial charge in [0, 0.05) is 37.2 Å². The van der Waals surface area contributed by atoms with Crippen LogP contribution in [0.25, 0.3) is 10.8 Å². The summed E-state index contributed by atoms with van der Waals surface area (Å²) >= 11 is 0. The van der Waals surface area contributed by atoms with E-state index in [0.717, 1.165) is 0 Å². The Labute approximate surface area is 165 Å². The Bertz CT molecular complexity index is 922. The zero-order chi connectivity index (χ0) is 20.8. The third-order valence-corrected chi connectivity index (χ3v) is 4.41. The second-order valence-corrected chi connectivity index (χ2v) is 7.23. The molecule has 0 N–H and O–H groups in total. The van der Waals surface area contributed by atoms with Gasteiger partial charge in [-0.15, -0.1) is 0 Å². The van der Waals surface area contributed by atoms with E-state index in [2.05, 4.69) is 0 Å². The lowest BCUT2D eigenvalue weighted by atomic mass is 10.00. The van der Waals surface area contributed by atoms with E-state index in [0.29, 0.717) is 22.3 Å². The van der Waals surface area contributed by atoms with Crippen molar-refractivity contribution < 1.29 is 37.5 Å². The minimum absolute atomic E-state index is 0.00147. The predicted octanol–water partition coefficient (Wildman–Crippen LogP) is 2.33. The lowest BCUT2D eigenvalue weighted by Crippen LogP contribution is -2.16. The molecule has 2 rings (SSSR count). The zero-order valence-corrected chi connectivity index (χ0v) is 17.1. The molecular weight excluding hydrogens is 388 g/mol. The van der Waals surface area contributed by atoms with Crippen LogP contribution >= 0.6 is 0 Å². The van der Waals surface area contributed by atoms with Crippen molar-refractivity contribution in [2.24, 2.45) is 0 Å². The molecule has 2 aromatic rings. The number of rotatable bonds is 9. The highest BCUT2D eigenvalue weighted by atomic mass is 32.2. The highest BCUT2D eigenvalue weighted by Gasteiger charge is 2.26. The molecule has 28 heavy (non-hydrogen) atoms. The maximum absolute atomic E-state index is 12.8. The molecule has 0 fully saturated rings. The standard InChI is InChI=1S/C19H22O8S/c1-11(20)27-19-17-12(6-13(24-3)8-15(17)25-4)7-16(26-10-23-2)18(19)14(21)9-28(5)22/h6-8H,9-10H2,1-5H3. The third kappa shape index (κ3) is 4.79. The molecule has 0 spiro atoms. The van der Waals surface area contributed by atoms with Crippen molar-refractivity contribution >= 4 is 33.3 Å². The minimum atomic E-state index is -1.41. The smallest absolute Gasteiger partial charge is 0.308 e. The van der Waals surface area contributed by atoms with Crippen molar-refractivity contribution in [3.05, 3.63) is 23.8 Å². The molecule has 0 bridgehead atoms. The van der Waals surface area contributed by atoms with Gasteiger partial charge in [-0.05, 0) is 17.5 Å². The van der Waals surface area contributed by atoms with Crippen molar-refractivity contribution in [2.75, 3.05) is 40.1 Å². The van der Waals surface area contributed by atoms with Gasteiger partial charge < -0.3 is 23.7 Å². The normalized spacial score (nSPS) is 11.8. The predicted molar refractivity (Wildman–Crippen MR) is 104 cm³/mol. The molecule has 0 aliphatic heterocycles. The van der Waals surface area contributed by atoms with Gasteiger partial charge in [-0.2, -0.15) is 0 Å². The maximum atomic E-state index is 12.8. The van der Waals surface area contributed by atoms with E-state index in [4.69, 9.17) is 23.7 Å². The van der Waals surface area contributed by atoms with Gasteiger partial charge in [0.1, 0.15) is 22.8 Å². The lowest BCUT2D eigenvalue weighted by molar-refractivity contribution is -0.131. The van der Waals surface area contributed by atoms with Crippen LogP contribution in [0.4, 0.5) is 0 Å². The van der Waals surface area contributed by atoms with Crippen LogP contribution in [-0.4, -0.2) is 56.1 Å². The summed E-state index contributed by atoms with van der Waals surface area (Å²) in [5, 5.41) is 0.959. The summed E-state index contributed by atoms with van der Waals surface area (Å²) in [5.41, 5.74) is -0.00147. The average Bonchev–Trinajstić information content (AvgIpc) is 2.63. The van der Waals surface area contributed by atoms with Crippen LogP contribution in [0.1, 0.15) is 17.3 Å². The number of fused-ring (bicyclic) bond motifs is 1. The molecular formula is C19H22O8S. The van der Waals surface area contributed by atoms with Crippen LogP contribution in [-0.2, 0) is 20.3 Å². The summed E-state index contributed by atoms with van der Waals surface area (Å²) < 4.78 is 38.2. The molecule has 0 aromatic heterocycles. The molecule has 152 valence electrons. The lowest BCUT2D eigenvalue weighted by Gasteiger charge is -2.18. The Balaban J connectivity index is 2.91. The van der Waals surface area contributed by atoms with Crippen molar-refractivity contribution in [1.29, 1.82) is 0 Å². The first-order chi connectivity index (χ1) is 13.3. The van der Waals surface area contributed by atoms with Gasteiger partial charge in [0.15, 0.2) is 18.3 Å². The van der Waals surface area contributed by atoms with Gasteiger partial charge in [-0.25, -0.2) is 0 Å². The molecule has 9 heteroatoms. The van der Waals surface area contributed by atoms with E-state index in [1.807, 2.05) is 0 Å². The number of benzene rings is 2. The van der Waals surface area contributed by atoms with Crippen molar-refractivity contribution in [1.82, 2.24) is 0 Å². The summed E-state index contributed by atoms with van der Waals surface area (Å²) in [6, 6.07) is 4.90. The quantitative estimate of drug-likeness (QED) is 0.269. The molecule has 0 aliphatic carbocycles. The number of Topliss-reactive ketones (excluding diaryl/α,β-unsaturated/α-hetero) is 1. The summed E-state index contributed by atoms with van der Waals surface area (Å²) in [5.74, 6) is -0.429. The Morgan fingerprint density at radius 1 is 1.04 bits per heavy atom. The van der Waals surface area contributed by atoms with E-state index < -0.39 is 22.6 Å². The average molecular weight is 410 g/mol. The largest absolute Gasteiger partial charge is 0.497 e. The molecule has 0 aliphatic rings. The fourth-order valence-corrected chi connectivity index (χ4v) is 3.21. The second kappa shape index (κ2) is 9.52. The van der Waals surface area contributed by atoms with E-state index in [-0.39, 0.29) is 29.6 Å². The summed E-state index contributed by atoms with van der Waals surface area (Å²) in [4.78, 5) is 24.6. The number of ether oxygens (including phenoxy) is 5. The van der Waals surface area contributed by atoms with Crippen LogP contribution < -0.4 is 18.9 Å². The third-order valence-electron chi connectivity index (χ3n) is 3.74. The highest BCUT2D eigenvalue weighted by Crippen LogP contribution is 2.44. The first-order valence-corrected chi connectivity index (χ1v) is 9.91. The Morgan fingerprint density at radius 2 is 1.75 bits per heavy atom. The molecule has 0 heterocycles. The number of methoxy groups -OCH3 is 3. The molecule has 1 unspecified atom stereocenters. The van der Waals surface area contributed by atoms with E-state index in [1.54, 1.807) is 18.2 Å². The molecule has 0 saturated carbocycles. The van der Waals surface area contributed by atoms with Crippen LogP contribution in [0.2, 0.25) is 0 Å². The number of esters is 1. The van der Waals surface area contributed by atoms with Gasteiger partial charge in [-0.3, -0.25) is 13.8 Å². The van der Waals surface area contributed by atoms with E-state index in [1.165, 1.54) is 34.5 Å². The number of carbonyl (C=O) groups is 2. The number of carbonyl (C=O) groups excluding carboxylic acids is 2. The fraction of sp³-hybridized carbons (Fsp3) is 0.368. The van der Waals surface area contributed by atoms with Crippen LogP contribution in [0.3, 0.4) is 0 Å². The molecule has 2 aromatic carbocycles. The maximum Gasteiger partial charge on any atom is 0.308 e. The summed E-state index contributed by atoms with van der Waals surface area (Å²) in [6.07, 6.45) is 1.41. The summed E-state index contributed by atoms with van der Waals surface area (Å²) in [6.45, 7) is 1.08. The molecule has 0 saturated heterocycles. The Morgan fingerprint density at radius 3 is 2.29 bits per heavy atom. The topological polar surface area (TPSA) is 97.4 Å². The first kappa shape index (κ1) is 21.6. The molecule has 8 nitrogen and oxygen atoms in total. The van der Waals surface area contributed by atoms with Gasteiger partial charge in [0.25, 0.3) is 0 Å². The Kier molecular flexibility index (Phi) is 7.36. The van der Waals surface area contributed by atoms with Gasteiger partial charge in [-0.1, -0.05) is 0 Å². The Hall–Kier alpha value is -2.65. The van der Waals surface area contributed by atoms with Crippen molar-refractivity contribution in [2.45, 2.75) is 6.92 Å². The monoisotopic (exact) mass is 410 g/mol. The van der Waals surface area contributed by atoms with Gasteiger partial charge >= 0.3 is 5.97 Å². The van der Waals surface area contributed by atoms with E-state index >= 15 is 0 Å². The number of ketones is 1. The van der Waals surface area contributed by atoms with Gasteiger partial charge in [0.05, 0.1) is 25.4 Å². The van der Waals surface area contributed by atoms with Crippen LogP contribution in [0.15, 0.2) is 18.2 Å². The molecule has 0 radical (unpaired) electrons. The zero-order valence-electron chi connectivity index (χ0n) is 16.3. The van der Waals surface area contributed by atoms with Crippen LogP contribution in [0, 0.1) is 0 Å². The SMILES string of the molecule is COCOc1cc2cc(OC)cc(OC)c2c(OC(C)=O)c1C(=O)CS(C)=O. The minimum Gasteiger partial charge on any atom is -0.497 e. The van der Waals surface area contributed by atoms with Crippen LogP contribution in [0.5, 0.6) is 23.0 Å². The van der Waals surface area contributed by atoms with Gasteiger partial charge in [0.2, 0.25) is 0 Å². The second-order valence-electron chi connectivity index (χ2n) is 5.79. The summed E-state index contributed by atoms with van der Waals surface area (Å²) in [7, 11) is 2.98. The molecule has 1 atom stereocenters. The van der Waals surface area contributed by atoms with E-state index in [9.17, 15) is 13.8 Å². The number of hydrogen-bond donors (Lipinski definition) is 0. The number of hydrogen-bond acceptors (Lipinski definition) is 8. The molecule has 0 amide bonds. The highest BCUT2D eigenvalue weighted by molar-refractivity contribution is 7.85.